The van der Waals surface area contributed by atoms with Crippen LogP contribution in [0.2, 0.25) is 0 Å². The number of benzene rings is 1. The molecule has 1 aromatic rings. The Kier molecular flexibility index (Phi) is 3.94. The van der Waals surface area contributed by atoms with E-state index in [2.05, 4.69) is 5.32 Å². The Balaban J connectivity index is 2.79. The van der Waals surface area contributed by atoms with Gasteiger partial charge in [-0.3, -0.25) is 0 Å². The molecule has 0 fully saturated rings. The molecule has 0 bridgehead atoms. The number of hydrogen-bond donors (Lipinski definition) is 3. The molecule has 0 aliphatic heterocycles. The second-order valence-corrected chi connectivity index (χ2v) is 4.96. The van der Waals surface area contributed by atoms with Crippen molar-refractivity contribution < 1.29 is 10.2 Å². The Hall–Kier alpha value is -1.06. The van der Waals surface area contributed by atoms with E-state index in [-0.39, 0.29) is 12.1 Å². The molecule has 0 atom stereocenters. The monoisotopic (exact) mass is 223 g/mol. The molecule has 0 spiro atoms. The molecule has 0 saturated heterocycles. The molecule has 0 heterocycles. The van der Waals surface area contributed by atoms with E-state index in [4.69, 9.17) is 5.11 Å². The number of rotatable bonds is 4. The van der Waals surface area contributed by atoms with Crippen LogP contribution in [0.4, 0.5) is 0 Å². The number of nitrogens with one attached hydrogen (secondary N) is 1. The Morgan fingerprint density at radius 1 is 1.19 bits per heavy atom. The van der Waals surface area contributed by atoms with Gasteiger partial charge in [0.2, 0.25) is 0 Å². The predicted octanol–water partition coefficient (Wildman–Crippen LogP) is 1.87. The van der Waals surface area contributed by atoms with Crippen LogP contribution in [0.15, 0.2) is 12.1 Å². The van der Waals surface area contributed by atoms with E-state index in [1.165, 1.54) is 0 Å². The minimum atomic E-state index is -0.328. The fourth-order valence-electron chi connectivity index (χ4n) is 1.39. The van der Waals surface area contributed by atoms with Crippen LogP contribution in [0.3, 0.4) is 0 Å². The average molecular weight is 223 g/mol. The number of phenolic OH excluding ortho intramolecular Hbond substituents is 1. The minimum absolute atomic E-state index is 0.0681. The van der Waals surface area contributed by atoms with Gasteiger partial charge >= 0.3 is 0 Å². The van der Waals surface area contributed by atoms with Gasteiger partial charge in [-0.25, -0.2) is 0 Å². The Morgan fingerprint density at radius 2 is 1.75 bits per heavy atom. The number of aliphatic hydroxyl groups is 1. The Labute approximate surface area is 97.1 Å². The maximum absolute atomic E-state index is 9.78. The summed E-state index contributed by atoms with van der Waals surface area (Å²) >= 11 is 0. The smallest absolute Gasteiger partial charge is 0.120 e. The van der Waals surface area contributed by atoms with E-state index in [0.717, 1.165) is 16.7 Å². The van der Waals surface area contributed by atoms with Crippen LogP contribution in [-0.2, 0) is 6.54 Å². The third-order valence-corrected chi connectivity index (χ3v) is 2.85. The number of aliphatic hydroxyl groups excluding tert-OH is 1. The summed E-state index contributed by atoms with van der Waals surface area (Å²) in [5.74, 6) is 0.310. The summed E-state index contributed by atoms with van der Waals surface area (Å²) in [5, 5.41) is 22.1. The van der Waals surface area contributed by atoms with Gasteiger partial charge in [0.1, 0.15) is 5.75 Å². The lowest BCUT2D eigenvalue weighted by atomic mass is 10.0. The van der Waals surface area contributed by atoms with Crippen molar-refractivity contribution in [1.82, 2.24) is 5.32 Å². The summed E-state index contributed by atoms with van der Waals surface area (Å²) < 4.78 is 0. The lowest BCUT2D eigenvalue weighted by molar-refractivity contribution is 0.187. The molecule has 0 radical (unpaired) electrons. The average Bonchev–Trinajstić information content (AvgIpc) is 2.22. The van der Waals surface area contributed by atoms with Gasteiger partial charge in [-0.1, -0.05) is 6.07 Å². The van der Waals surface area contributed by atoms with Crippen LogP contribution >= 0.6 is 0 Å². The van der Waals surface area contributed by atoms with Crippen LogP contribution < -0.4 is 5.32 Å². The molecule has 90 valence electrons. The fourth-order valence-corrected chi connectivity index (χ4v) is 1.39. The molecule has 0 aliphatic carbocycles. The van der Waals surface area contributed by atoms with Crippen LogP contribution in [0.5, 0.6) is 5.75 Å². The van der Waals surface area contributed by atoms with E-state index in [9.17, 15) is 5.11 Å². The first-order chi connectivity index (χ1) is 7.35. The molecular weight excluding hydrogens is 202 g/mol. The molecule has 0 unspecified atom stereocenters. The topological polar surface area (TPSA) is 52.5 Å². The number of phenols is 1. The first-order valence-corrected chi connectivity index (χ1v) is 5.51. The van der Waals surface area contributed by atoms with Crippen molar-refractivity contribution in [1.29, 1.82) is 0 Å². The zero-order valence-corrected chi connectivity index (χ0v) is 10.5. The van der Waals surface area contributed by atoms with Gasteiger partial charge < -0.3 is 15.5 Å². The molecule has 3 N–H and O–H groups in total. The highest BCUT2D eigenvalue weighted by Gasteiger charge is 2.16. The second-order valence-electron chi connectivity index (χ2n) is 4.96. The molecular formula is C13H21NO2. The lowest BCUT2D eigenvalue weighted by Crippen LogP contribution is -2.42. The van der Waals surface area contributed by atoms with E-state index >= 15 is 0 Å². The van der Waals surface area contributed by atoms with Crippen molar-refractivity contribution in [2.75, 3.05) is 6.61 Å². The highest BCUT2D eigenvalue weighted by molar-refractivity contribution is 5.40. The summed E-state index contributed by atoms with van der Waals surface area (Å²) in [7, 11) is 0. The van der Waals surface area contributed by atoms with Crippen LogP contribution in [0.1, 0.15) is 30.5 Å². The van der Waals surface area contributed by atoms with Crippen LogP contribution in [0, 0.1) is 13.8 Å². The molecule has 3 nitrogen and oxygen atoms in total. The molecule has 0 aromatic heterocycles. The number of hydrogen-bond acceptors (Lipinski definition) is 3. The zero-order valence-electron chi connectivity index (χ0n) is 10.5. The van der Waals surface area contributed by atoms with Gasteiger partial charge in [-0.15, -0.1) is 0 Å². The quantitative estimate of drug-likeness (QED) is 0.730. The van der Waals surface area contributed by atoms with Crippen molar-refractivity contribution in [3.8, 4) is 5.75 Å². The maximum atomic E-state index is 9.78. The molecule has 1 rings (SSSR count). The summed E-state index contributed by atoms with van der Waals surface area (Å²) in [6.45, 7) is 8.47. The lowest BCUT2D eigenvalue weighted by Gasteiger charge is -2.24. The number of aryl methyl sites for hydroxylation is 2. The molecule has 1 aromatic carbocycles. The standard InChI is InChI=1S/C13H21NO2/c1-9-5-11(12(16)6-10(9)2)7-14-13(3,4)8-15/h5-6,14-16H,7-8H2,1-4H3. The third-order valence-electron chi connectivity index (χ3n) is 2.85. The molecule has 0 aliphatic rings. The Morgan fingerprint density at radius 3 is 2.31 bits per heavy atom. The van der Waals surface area contributed by atoms with Gasteiger partial charge in [0.05, 0.1) is 6.61 Å². The van der Waals surface area contributed by atoms with E-state index in [1.807, 2.05) is 33.8 Å². The minimum Gasteiger partial charge on any atom is -0.508 e. The summed E-state index contributed by atoms with van der Waals surface area (Å²) in [4.78, 5) is 0. The van der Waals surface area contributed by atoms with Gasteiger partial charge in [-0.05, 0) is 44.9 Å². The van der Waals surface area contributed by atoms with Gasteiger partial charge in [0.15, 0.2) is 0 Å². The largest absolute Gasteiger partial charge is 0.508 e. The van der Waals surface area contributed by atoms with E-state index < -0.39 is 0 Å². The molecule has 0 saturated carbocycles. The summed E-state index contributed by atoms with van der Waals surface area (Å²) in [5.41, 5.74) is 2.79. The van der Waals surface area contributed by atoms with Crippen molar-refractivity contribution in [3.05, 3.63) is 28.8 Å². The highest BCUT2D eigenvalue weighted by atomic mass is 16.3. The van der Waals surface area contributed by atoms with Crippen molar-refractivity contribution in [2.45, 2.75) is 39.8 Å². The number of aromatic hydroxyl groups is 1. The first kappa shape index (κ1) is 13.0. The van der Waals surface area contributed by atoms with Crippen molar-refractivity contribution in [3.63, 3.8) is 0 Å². The predicted molar refractivity (Wildman–Crippen MR) is 65.6 cm³/mol. The fraction of sp³-hybridized carbons (Fsp3) is 0.538. The van der Waals surface area contributed by atoms with Crippen LogP contribution in [-0.4, -0.2) is 22.4 Å². The second kappa shape index (κ2) is 4.85. The normalized spacial score (nSPS) is 11.8. The van der Waals surface area contributed by atoms with Crippen molar-refractivity contribution in [2.24, 2.45) is 0 Å². The van der Waals surface area contributed by atoms with Crippen LogP contribution in [0.25, 0.3) is 0 Å². The highest BCUT2D eigenvalue weighted by Crippen LogP contribution is 2.22. The molecule has 16 heavy (non-hydrogen) atoms. The van der Waals surface area contributed by atoms with Crippen molar-refractivity contribution >= 4 is 0 Å². The molecule has 3 heteroatoms. The summed E-state index contributed by atoms with van der Waals surface area (Å²) in [6, 6.07) is 3.75. The molecule has 0 amide bonds. The third kappa shape index (κ3) is 3.22. The SMILES string of the molecule is Cc1cc(O)c(CNC(C)(C)CO)cc1C. The first-order valence-electron chi connectivity index (χ1n) is 5.51. The van der Waals surface area contributed by atoms with Gasteiger partial charge in [-0.2, -0.15) is 0 Å². The maximum Gasteiger partial charge on any atom is 0.120 e. The van der Waals surface area contributed by atoms with E-state index in [1.54, 1.807) is 6.07 Å². The Bertz CT molecular complexity index is 372. The summed E-state index contributed by atoms with van der Waals surface area (Å²) in [6.07, 6.45) is 0. The van der Waals surface area contributed by atoms with Gasteiger partial charge in [0, 0.05) is 17.6 Å². The van der Waals surface area contributed by atoms with Gasteiger partial charge in [0.25, 0.3) is 0 Å². The zero-order chi connectivity index (χ0) is 12.3. The van der Waals surface area contributed by atoms with E-state index in [0.29, 0.717) is 12.3 Å².